The second-order valence-electron chi connectivity index (χ2n) is 5.72. The lowest BCUT2D eigenvalue weighted by atomic mass is 9.58. The van der Waals surface area contributed by atoms with E-state index in [0.717, 1.165) is 18.4 Å². The SMILES string of the molecule is CC1=CCC[C@]2(C)[C@H](O)CC[C@H](O)[C@@]2(O)C1. The summed E-state index contributed by atoms with van der Waals surface area (Å²) in [6.07, 6.45) is 4.03. The topological polar surface area (TPSA) is 60.7 Å². The minimum atomic E-state index is -1.16. The van der Waals surface area contributed by atoms with Crippen molar-refractivity contribution in [3.8, 4) is 0 Å². The number of hydrogen-bond acceptors (Lipinski definition) is 3. The molecule has 4 atom stereocenters. The van der Waals surface area contributed by atoms with E-state index in [1.807, 2.05) is 13.8 Å². The predicted molar refractivity (Wildman–Crippen MR) is 61.9 cm³/mol. The molecule has 92 valence electrons. The van der Waals surface area contributed by atoms with Crippen molar-refractivity contribution in [1.82, 2.24) is 0 Å². The molecular formula is C13H22O3. The maximum absolute atomic E-state index is 10.8. The van der Waals surface area contributed by atoms with Crippen LogP contribution in [0.1, 0.15) is 46.0 Å². The Hall–Kier alpha value is -0.380. The minimum Gasteiger partial charge on any atom is -0.392 e. The van der Waals surface area contributed by atoms with E-state index in [-0.39, 0.29) is 0 Å². The average molecular weight is 226 g/mol. The second-order valence-corrected chi connectivity index (χ2v) is 5.72. The lowest BCUT2D eigenvalue weighted by molar-refractivity contribution is -0.218. The van der Waals surface area contributed by atoms with Crippen LogP contribution in [0.2, 0.25) is 0 Å². The van der Waals surface area contributed by atoms with Gasteiger partial charge in [-0.15, -0.1) is 0 Å². The Kier molecular flexibility index (Phi) is 2.89. The summed E-state index contributed by atoms with van der Waals surface area (Å²) in [6, 6.07) is 0. The van der Waals surface area contributed by atoms with Crippen LogP contribution in [0, 0.1) is 5.41 Å². The summed E-state index contributed by atoms with van der Waals surface area (Å²) in [7, 11) is 0. The monoisotopic (exact) mass is 226 g/mol. The molecule has 2 rings (SSSR count). The summed E-state index contributed by atoms with van der Waals surface area (Å²) in [5.74, 6) is 0. The maximum atomic E-state index is 10.8. The fraction of sp³-hybridized carbons (Fsp3) is 0.846. The zero-order valence-electron chi connectivity index (χ0n) is 10.1. The number of hydrogen-bond donors (Lipinski definition) is 3. The first-order chi connectivity index (χ1) is 7.40. The van der Waals surface area contributed by atoms with E-state index in [0.29, 0.717) is 19.3 Å². The van der Waals surface area contributed by atoms with Crippen LogP contribution in [0.4, 0.5) is 0 Å². The second kappa shape index (κ2) is 3.83. The standard InChI is InChI=1S/C13H22O3/c1-9-4-3-7-12(2)10(14)5-6-11(15)13(12,16)8-9/h4,10-11,14-16H,3,5-8H2,1-2H3/t10-,11+,12-,13+/m1/s1. The van der Waals surface area contributed by atoms with E-state index in [2.05, 4.69) is 6.08 Å². The van der Waals surface area contributed by atoms with Gasteiger partial charge in [0.1, 0.15) is 5.60 Å². The summed E-state index contributed by atoms with van der Waals surface area (Å²) < 4.78 is 0. The minimum absolute atomic E-state index is 0.474. The lowest BCUT2D eigenvalue weighted by Crippen LogP contribution is -2.62. The van der Waals surface area contributed by atoms with Crippen LogP contribution < -0.4 is 0 Å². The molecule has 0 unspecified atom stereocenters. The van der Waals surface area contributed by atoms with Gasteiger partial charge in [0.2, 0.25) is 0 Å². The zero-order chi connectivity index (χ0) is 12.0. The predicted octanol–water partition coefficient (Wildman–Crippen LogP) is 1.37. The van der Waals surface area contributed by atoms with E-state index in [1.54, 1.807) is 0 Å². The van der Waals surface area contributed by atoms with E-state index in [4.69, 9.17) is 0 Å². The van der Waals surface area contributed by atoms with Crippen molar-refractivity contribution in [1.29, 1.82) is 0 Å². The van der Waals surface area contributed by atoms with Crippen LogP contribution in [0.5, 0.6) is 0 Å². The molecule has 0 aromatic heterocycles. The molecule has 0 spiro atoms. The zero-order valence-corrected chi connectivity index (χ0v) is 10.1. The van der Waals surface area contributed by atoms with E-state index >= 15 is 0 Å². The molecule has 0 heterocycles. The largest absolute Gasteiger partial charge is 0.392 e. The molecule has 0 radical (unpaired) electrons. The van der Waals surface area contributed by atoms with Gasteiger partial charge in [-0.1, -0.05) is 18.6 Å². The van der Waals surface area contributed by atoms with Gasteiger partial charge < -0.3 is 15.3 Å². The van der Waals surface area contributed by atoms with Crippen LogP contribution in [-0.2, 0) is 0 Å². The number of fused-ring (bicyclic) bond motifs is 1. The molecule has 2 aliphatic carbocycles. The number of aliphatic hydroxyl groups is 3. The smallest absolute Gasteiger partial charge is 0.102 e. The third-order valence-electron chi connectivity index (χ3n) is 4.69. The molecule has 0 aromatic carbocycles. The Labute approximate surface area is 96.8 Å². The van der Waals surface area contributed by atoms with E-state index in [9.17, 15) is 15.3 Å². The Balaban J connectivity index is 2.41. The Morgan fingerprint density at radius 1 is 1.25 bits per heavy atom. The van der Waals surface area contributed by atoms with Gasteiger partial charge in [-0.05, 0) is 39.0 Å². The first-order valence-corrected chi connectivity index (χ1v) is 6.14. The Morgan fingerprint density at radius 2 is 1.88 bits per heavy atom. The van der Waals surface area contributed by atoms with Crippen molar-refractivity contribution in [2.24, 2.45) is 5.41 Å². The Morgan fingerprint density at radius 3 is 2.56 bits per heavy atom. The van der Waals surface area contributed by atoms with Gasteiger partial charge in [-0.3, -0.25) is 0 Å². The molecule has 1 fully saturated rings. The van der Waals surface area contributed by atoms with Gasteiger partial charge in [-0.25, -0.2) is 0 Å². The molecule has 2 aliphatic rings. The molecule has 16 heavy (non-hydrogen) atoms. The molecule has 0 saturated heterocycles. The van der Waals surface area contributed by atoms with Gasteiger partial charge in [0.25, 0.3) is 0 Å². The van der Waals surface area contributed by atoms with Crippen LogP contribution >= 0.6 is 0 Å². The molecule has 3 nitrogen and oxygen atoms in total. The summed E-state index contributed by atoms with van der Waals surface area (Å²) in [5, 5.41) is 31.1. The average Bonchev–Trinajstić information content (AvgIpc) is 2.33. The molecule has 0 aliphatic heterocycles. The Bertz CT molecular complexity index is 312. The van der Waals surface area contributed by atoms with Gasteiger partial charge in [0.05, 0.1) is 12.2 Å². The molecule has 0 amide bonds. The van der Waals surface area contributed by atoms with Crippen molar-refractivity contribution in [2.75, 3.05) is 0 Å². The fourth-order valence-electron chi connectivity index (χ4n) is 3.36. The molecular weight excluding hydrogens is 204 g/mol. The number of rotatable bonds is 0. The number of aliphatic hydroxyl groups excluding tert-OH is 2. The van der Waals surface area contributed by atoms with Crippen molar-refractivity contribution >= 4 is 0 Å². The van der Waals surface area contributed by atoms with Crippen molar-refractivity contribution in [3.63, 3.8) is 0 Å². The summed E-state index contributed by atoms with van der Waals surface area (Å²) in [5.41, 5.74) is -0.639. The molecule has 3 heteroatoms. The summed E-state index contributed by atoms with van der Waals surface area (Å²) in [6.45, 7) is 3.89. The fourth-order valence-corrected chi connectivity index (χ4v) is 3.36. The third kappa shape index (κ3) is 1.53. The van der Waals surface area contributed by atoms with Gasteiger partial charge in [0.15, 0.2) is 0 Å². The maximum Gasteiger partial charge on any atom is 0.102 e. The van der Waals surface area contributed by atoms with Gasteiger partial charge >= 0.3 is 0 Å². The lowest BCUT2D eigenvalue weighted by Gasteiger charge is -2.53. The molecule has 0 bridgehead atoms. The van der Waals surface area contributed by atoms with E-state index < -0.39 is 23.2 Å². The van der Waals surface area contributed by atoms with Crippen LogP contribution in [-0.4, -0.2) is 33.1 Å². The summed E-state index contributed by atoms with van der Waals surface area (Å²) >= 11 is 0. The normalized spacial score (nSPS) is 49.2. The first-order valence-electron chi connectivity index (χ1n) is 6.14. The van der Waals surface area contributed by atoms with E-state index in [1.165, 1.54) is 0 Å². The highest BCUT2D eigenvalue weighted by Gasteiger charge is 2.57. The van der Waals surface area contributed by atoms with Crippen molar-refractivity contribution in [3.05, 3.63) is 11.6 Å². The van der Waals surface area contributed by atoms with Crippen molar-refractivity contribution in [2.45, 2.75) is 63.8 Å². The highest BCUT2D eigenvalue weighted by atomic mass is 16.3. The van der Waals surface area contributed by atoms with Crippen LogP contribution in [0.3, 0.4) is 0 Å². The summed E-state index contributed by atoms with van der Waals surface area (Å²) in [4.78, 5) is 0. The van der Waals surface area contributed by atoms with Crippen LogP contribution in [0.15, 0.2) is 11.6 Å². The first kappa shape index (κ1) is 12.1. The van der Waals surface area contributed by atoms with Crippen LogP contribution in [0.25, 0.3) is 0 Å². The van der Waals surface area contributed by atoms with Crippen molar-refractivity contribution < 1.29 is 15.3 Å². The quantitative estimate of drug-likeness (QED) is 0.547. The molecule has 3 N–H and O–H groups in total. The molecule has 1 saturated carbocycles. The molecule has 0 aromatic rings. The van der Waals surface area contributed by atoms with Gasteiger partial charge in [-0.2, -0.15) is 0 Å². The third-order valence-corrected chi connectivity index (χ3v) is 4.69. The number of allylic oxidation sites excluding steroid dienone is 1. The highest BCUT2D eigenvalue weighted by molar-refractivity contribution is 5.17. The van der Waals surface area contributed by atoms with Gasteiger partial charge in [0, 0.05) is 5.41 Å². The highest BCUT2D eigenvalue weighted by Crippen LogP contribution is 2.51.